The zero-order chi connectivity index (χ0) is 46.9. The first kappa shape index (κ1) is 50.6. The summed E-state index contributed by atoms with van der Waals surface area (Å²) in [6, 6.07) is 31.3. The third kappa shape index (κ3) is 19.1. The smallest absolute Gasteiger partial charge is 0.333 e. The van der Waals surface area contributed by atoms with E-state index in [0.29, 0.717) is 26.4 Å². The van der Waals surface area contributed by atoms with E-state index in [1.54, 1.807) is 26.0 Å². The van der Waals surface area contributed by atoms with Crippen LogP contribution in [0.5, 0.6) is 23.0 Å². The highest BCUT2D eigenvalue weighted by Crippen LogP contribution is 2.33. The van der Waals surface area contributed by atoms with Crippen molar-refractivity contribution in [2.45, 2.75) is 58.8 Å². The first-order valence-electron chi connectivity index (χ1n) is 21.6. The van der Waals surface area contributed by atoms with Crippen molar-refractivity contribution in [3.63, 3.8) is 0 Å². The Bertz CT molecular complexity index is 2040. The van der Waals surface area contributed by atoms with E-state index in [-0.39, 0.29) is 43.0 Å². The van der Waals surface area contributed by atoms with Crippen LogP contribution in [0.1, 0.15) is 75.6 Å². The van der Waals surface area contributed by atoms with Gasteiger partial charge in [0.1, 0.15) is 49.4 Å². The van der Waals surface area contributed by atoms with E-state index in [2.05, 4.69) is 51.3 Å². The molecular weight excluding hydrogens is 829 g/mol. The second kappa shape index (κ2) is 27.2. The minimum Gasteiger partial charge on any atom is -0.494 e. The summed E-state index contributed by atoms with van der Waals surface area (Å²) in [7, 11) is 0. The van der Waals surface area contributed by atoms with Gasteiger partial charge in [-0.25, -0.2) is 19.2 Å². The maximum absolute atomic E-state index is 11.9. The number of ether oxygens (including phenoxy) is 8. The van der Waals surface area contributed by atoms with Crippen LogP contribution < -0.4 is 18.9 Å². The van der Waals surface area contributed by atoms with Crippen molar-refractivity contribution in [3.8, 4) is 23.0 Å². The van der Waals surface area contributed by atoms with Gasteiger partial charge >= 0.3 is 23.9 Å². The second-order valence-electron chi connectivity index (χ2n) is 15.5. The molecule has 0 heterocycles. The van der Waals surface area contributed by atoms with Crippen LogP contribution in [-0.2, 0) is 43.5 Å². The van der Waals surface area contributed by atoms with Crippen LogP contribution >= 0.6 is 0 Å². The number of carbonyl (C=O) groups is 4. The van der Waals surface area contributed by atoms with Crippen LogP contribution in [0.25, 0.3) is 12.2 Å². The maximum atomic E-state index is 11.9. The number of rotatable bonds is 28. The molecule has 4 aromatic carbocycles. The summed E-state index contributed by atoms with van der Waals surface area (Å²) >= 11 is 0. The fourth-order valence-electron chi connectivity index (χ4n) is 5.85. The lowest BCUT2D eigenvalue weighted by Gasteiger charge is -2.26. The van der Waals surface area contributed by atoms with Crippen LogP contribution in [0, 0.1) is 0 Å². The Balaban J connectivity index is 1.05. The van der Waals surface area contributed by atoms with Gasteiger partial charge in [-0.3, -0.25) is 0 Å². The molecule has 0 aliphatic heterocycles. The summed E-state index contributed by atoms with van der Waals surface area (Å²) in [4.78, 5) is 46.5. The molecule has 0 aromatic heterocycles. The highest BCUT2D eigenvalue weighted by molar-refractivity contribution is 5.88. The zero-order valence-corrected chi connectivity index (χ0v) is 37.8. The van der Waals surface area contributed by atoms with Crippen molar-refractivity contribution < 1.29 is 57.1 Å². The molecule has 0 bridgehead atoms. The maximum Gasteiger partial charge on any atom is 0.333 e. The Morgan fingerprint density at radius 2 is 0.708 bits per heavy atom. The molecule has 4 rings (SSSR count). The Hall–Kier alpha value is -7.08. The SMILES string of the molecule is C=C(C)C(=O)OCCOC(=O)/C=C/c1ccc(OCCCCOc2ccc(C(C)(C)c3ccc(OCCCCOc4ccc(/C=C/C(=O)OCCOC(=O)C(=C)C)cc4)cc3)cc2)cc1. The van der Waals surface area contributed by atoms with E-state index in [4.69, 9.17) is 37.9 Å². The topological polar surface area (TPSA) is 142 Å². The number of hydrogen-bond donors (Lipinski definition) is 0. The van der Waals surface area contributed by atoms with Gasteiger partial charge in [-0.1, -0.05) is 75.5 Å². The van der Waals surface area contributed by atoms with E-state index in [1.165, 1.54) is 23.3 Å². The quantitative estimate of drug-likeness (QED) is 0.0232. The Labute approximate surface area is 382 Å². The summed E-state index contributed by atoms with van der Waals surface area (Å²) in [5.41, 5.74) is 4.34. The van der Waals surface area contributed by atoms with Crippen LogP contribution in [0.2, 0.25) is 0 Å². The lowest BCUT2D eigenvalue weighted by atomic mass is 9.78. The van der Waals surface area contributed by atoms with Gasteiger partial charge in [-0.05, 0) is 122 Å². The van der Waals surface area contributed by atoms with E-state index in [9.17, 15) is 19.2 Å². The van der Waals surface area contributed by atoms with Gasteiger partial charge in [0.05, 0.1) is 26.4 Å². The summed E-state index contributed by atoms with van der Waals surface area (Å²) in [6.45, 7) is 16.6. The normalized spacial score (nSPS) is 11.1. The van der Waals surface area contributed by atoms with Gasteiger partial charge in [0.25, 0.3) is 0 Å². The van der Waals surface area contributed by atoms with Crippen LogP contribution in [0.4, 0.5) is 0 Å². The van der Waals surface area contributed by atoms with E-state index < -0.39 is 23.9 Å². The van der Waals surface area contributed by atoms with Crippen LogP contribution in [-0.4, -0.2) is 76.7 Å². The average Bonchev–Trinajstić information content (AvgIpc) is 3.30. The highest BCUT2D eigenvalue weighted by Gasteiger charge is 2.23. The number of unbranched alkanes of at least 4 members (excludes halogenated alkanes) is 2. The number of esters is 4. The number of carbonyl (C=O) groups excluding carboxylic acids is 4. The van der Waals surface area contributed by atoms with Crippen molar-refractivity contribution in [2.75, 3.05) is 52.9 Å². The molecule has 0 saturated carbocycles. The van der Waals surface area contributed by atoms with Gasteiger partial charge < -0.3 is 37.9 Å². The molecule has 344 valence electrons. The average molecular weight is 889 g/mol. The van der Waals surface area contributed by atoms with E-state index in [1.807, 2.05) is 72.8 Å². The molecule has 4 aromatic rings. The third-order valence-corrected chi connectivity index (χ3v) is 9.71. The highest BCUT2D eigenvalue weighted by atomic mass is 16.6. The molecule has 0 amide bonds. The number of benzene rings is 4. The lowest BCUT2D eigenvalue weighted by molar-refractivity contribution is -0.146. The molecule has 0 radical (unpaired) electrons. The predicted molar refractivity (Wildman–Crippen MR) is 250 cm³/mol. The molecule has 0 aliphatic carbocycles. The molecular formula is C53H60O12. The first-order valence-corrected chi connectivity index (χ1v) is 21.6. The van der Waals surface area contributed by atoms with Gasteiger partial charge in [-0.2, -0.15) is 0 Å². The van der Waals surface area contributed by atoms with Gasteiger partial charge in [-0.15, -0.1) is 0 Å². The number of hydrogen-bond acceptors (Lipinski definition) is 12. The predicted octanol–water partition coefficient (Wildman–Crippen LogP) is 9.84. The molecule has 12 heteroatoms. The molecule has 0 spiro atoms. The van der Waals surface area contributed by atoms with Gasteiger partial charge in [0, 0.05) is 28.7 Å². The summed E-state index contributed by atoms with van der Waals surface area (Å²) in [5.74, 6) is 1.01. The van der Waals surface area contributed by atoms with Crippen molar-refractivity contribution in [2.24, 2.45) is 0 Å². The van der Waals surface area contributed by atoms with Crippen molar-refractivity contribution in [3.05, 3.63) is 156 Å². The van der Waals surface area contributed by atoms with Crippen LogP contribution in [0.3, 0.4) is 0 Å². The molecule has 0 saturated heterocycles. The fourth-order valence-corrected chi connectivity index (χ4v) is 5.85. The molecule has 65 heavy (non-hydrogen) atoms. The molecule has 0 N–H and O–H groups in total. The Morgan fingerprint density at radius 1 is 0.431 bits per heavy atom. The fraction of sp³-hybridized carbons (Fsp3) is 0.321. The van der Waals surface area contributed by atoms with Crippen LogP contribution in [0.15, 0.2) is 134 Å². The summed E-state index contributed by atoms with van der Waals surface area (Å²) in [6.07, 6.45) is 9.25. The van der Waals surface area contributed by atoms with Gasteiger partial charge in [0.2, 0.25) is 0 Å². The third-order valence-electron chi connectivity index (χ3n) is 9.71. The summed E-state index contributed by atoms with van der Waals surface area (Å²) < 4.78 is 43.6. The monoisotopic (exact) mass is 888 g/mol. The van der Waals surface area contributed by atoms with E-state index in [0.717, 1.165) is 59.8 Å². The molecule has 0 unspecified atom stereocenters. The second-order valence-corrected chi connectivity index (χ2v) is 15.5. The van der Waals surface area contributed by atoms with E-state index >= 15 is 0 Å². The minimum atomic E-state index is -0.530. The largest absolute Gasteiger partial charge is 0.494 e. The van der Waals surface area contributed by atoms with Gasteiger partial charge in [0.15, 0.2) is 0 Å². The van der Waals surface area contributed by atoms with Crippen molar-refractivity contribution in [1.29, 1.82) is 0 Å². The first-order chi connectivity index (χ1) is 31.3. The van der Waals surface area contributed by atoms with Crippen molar-refractivity contribution in [1.82, 2.24) is 0 Å². The lowest BCUT2D eigenvalue weighted by Crippen LogP contribution is -2.18. The molecule has 12 nitrogen and oxygen atoms in total. The van der Waals surface area contributed by atoms with Crippen molar-refractivity contribution >= 4 is 36.0 Å². The standard InChI is InChI=1S/C53H60O12/c1-39(2)51(56)64-37-35-62-49(54)29-15-41-11-21-45(22-12-41)58-31-7-9-33-60-47-25-17-43(18-26-47)53(5,6)44-19-27-48(28-20-44)61-34-10-8-32-59-46-23-13-42(14-24-46)16-30-50(55)63-36-38-65-52(57)40(3)4/h11-30H,1,3,7-10,31-38H2,2,4-6H3/b29-15+,30-16+. The Kier molecular flexibility index (Phi) is 21.1. The Morgan fingerprint density at radius 3 is 1.00 bits per heavy atom. The molecule has 0 atom stereocenters. The molecule has 0 aliphatic rings. The molecule has 0 fully saturated rings. The summed E-state index contributed by atoms with van der Waals surface area (Å²) in [5, 5.41) is 0. The minimum absolute atomic E-state index is 0.0272. The zero-order valence-electron chi connectivity index (χ0n) is 37.8.